The van der Waals surface area contributed by atoms with Crippen LogP contribution in [0.3, 0.4) is 0 Å². The average Bonchev–Trinajstić information content (AvgIpc) is 3.35. The van der Waals surface area contributed by atoms with E-state index in [-0.39, 0.29) is 18.1 Å². The van der Waals surface area contributed by atoms with Crippen molar-refractivity contribution in [3.63, 3.8) is 0 Å². The molecule has 32 heavy (non-hydrogen) atoms. The molecule has 2 amide bonds. The van der Waals surface area contributed by atoms with Crippen LogP contribution in [0.25, 0.3) is 11.4 Å². The van der Waals surface area contributed by atoms with Crippen LogP contribution in [0.1, 0.15) is 34.4 Å². The summed E-state index contributed by atoms with van der Waals surface area (Å²) in [6.07, 6.45) is 0.658. The van der Waals surface area contributed by atoms with Gasteiger partial charge in [0, 0.05) is 24.9 Å². The number of aliphatic hydroxyl groups is 1. The monoisotopic (exact) mass is 435 g/mol. The second-order valence-corrected chi connectivity index (χ2v) is 7.54. The minimum Gasteiger partial charge on any atom is -0.478 e. The molecule has 164 valence electrons. The van der Waals surface area contributed by atoms with Gasteiger partial charge in [0.1, 0.15) is 28.7 Å². The van der Waals surface area contributed by atoms with Crippen molar-refractivity contribution in [2.75, 3.05) is 7.05 Å². The molecule has 2 aromatic heterocycles. The summed E-state index contributed by atoms with van der Waals surface area (Å²) in [5.41, 5.74) is 5.34. The summed E-state index contributed by atoms with van der Waals surface area (Å²) in [5, 5.41) is 17.0. The Morgan fingerprint density at radius 1 is 1.38 bits per heavy atom. The molecule has 0 saturated carbocycles. The highest BCUT2D eigenvalue weighted by atomic mass is 16.5. The predicted octanol–water partition coefficient (Wildman–Crippen LogP) is 0.712. The lowest BCUT2D eigenvalue weighted by molar-refractivity contribution is -0.127. The highest BCUT2D eigenvalue weighted by Gasteiger charge is 2.29. The Bertz CT molecular complexity index is 1280. The van der Waals surface area contributed by atoms with E-state index in [1.165, 1.54) is 20.2 Å². The molecule has 0 saturated heterocycles. The van der Waals surface area contributed by atoms with Gasteiger partial charge in [-0.1, -0.05) is 17.0 Å². The molecular weight excluding hydrogens is 414 g/mol. The van der Waals surface area contributed by atoms with Crippen LogP contribution in [0.15, 0.2) is 35.0 Å². The number of fused-ring (bicyclic) bond motifs is 3. The lowest BCUT2D eigenvalue weighted by Crippen LogP contribution is -2.38. The largest absolute Gasteiger partial charge is 0.478 e. The van der Waals surface area contributed by atoms with Gasteiger partial charge in [-0.05, 0) is 32.0 Å². The average molecular weight is 435 g/mol. The second-order valence-electron chi connectivity index (χ2n) is 7.54. The number of primary amides is 1. The van der Waals surface area contributed by atoms with Crippen LogP contribution in [0.2, 0.25) is 0 Å². The van der Waals surface area contributed by atoms with Gasteiger partial charge < -0.3 is 30.0 Å². The van der Waals surface area contributed by atoms with Crippen molar-refractivity contribution in [1.82, 2.24) is 20.0 Å². The first kappa shape index (κ1) is 21.1. The maximum atomic E-state index is 12.3. The molecule has 0 bridgehead atoms. The van der Waals surface area contributed by atoms with Gasteiger partial charge >= 0.3 is 0 Å². The number of nitrogens with zero attached hydrogens (tertiary/aromatic N) is 3. The van der Waals surface area contributed by atoms with Crippen molar-refractivity contribution in [2.24, 2.45) is 5.73 Å². The zero-order chi connectivity index (χ0) is 23.0. The first-order valence-corrected chi connectivity index (χ1v) is 9.77. The van der Waals surface area contributed by atoms with Crippen LogP contribution in [-0.2, 0) is 16.9 Å². The van der Waals surface area contributed by atoms with Gasteiger partial charge in [-0.25, -0.2) is 4.98 Å². The number of aryl methyl sites for hydroxylation is 1. The maximum Gasteiger partial charge on any atom is 0.268 e. The molecule has 1 aliphatic rings. The van der Waals surface area contributed by atoms with Crippen LogP contribution in [0.5, 0.6) is 5.75 Å². The summed E-state index contributed by atoms with van der Waals surface area (Å²) in [4.78, 5) is 28.3. The Morgan fingerprint density at radius 3 is 2.81 bits per heavy atom. The molecule has 10 heteroatoms. The van der Waals surface area contributed by atoms with Crippen LogP contribution < -0.4 is 15.8 Å². The number of rotatable bonds is 3. The number of carbonyl (C=O) groups is 2. The van der Waals surface area contributed by atoms with Crippen molar-refractivity contribution in [1.29, 1.82) is 0 Å². The number of amides is 2. The standard InChI is InChI=1S/C22H21N5O5/c1-12-8-18(26-32-12)22(2,30)7-6-13-4-5-16-14(9-13)20-25-15(19(23)28)10-27(20)11-17(31-16)21(29)24-3/h4-5,8-10,17,30H,11H2,1-3H3,(H2,23,28)(H,24,29)/t17-,22-/m1/s1. The molecule has 3 heterocycles. The number of ether oxygens (including phenoxy) is 1. The van der Waals surface area contributed by atoms with Gasteiger partial charge in [-0.3, -0.25) is 9.59 Å². The van der Waals surface area contributed by atoms with E-state index in [1.807, 2.05) is 0 Å². The Morgan fingerprint density at radius 2 is 2.16 bits per heavy atom. The molecule has 0 unspecified atom stereocenters. The fraction of sp³-hybridized carbons (Fsp3) is 0.273. The zero-order valence-electron chi connectivity index (χ0n) is 17.7. The first-order valence-electron chi connectivity index (χ1n) is 9.77. The molecule has 3 aromatic rings. The van der Waals surface area contributed by atoms with E-state index in [1.54, 1.807) is 35.8 Å². The molecule has 0 spiro atoms. The Balaban J connectivity index is 1.77. The highest BCUT2D eigenvalue weighted by Crippen LogP contribution is 2.34. The summed E-state index contributed by atoms with van der Waals surface area (Å²) in [6.45, 7) is 3.38. The molecule has 0 radical (unpaired) electrons. The number of nitrogens with one attached hydrogen (secondary N) is 1. The van der Waals surface area contributed by atoms with Gasteiger partial charge in [0.15, 0.2) is 11.7 Å². The number of imidazole rings is 1. The number of hydrogen-bond donors (Lipinski definition) is 3. The maximum absolute atomic E-state index is 12.3. The van der Waals surface area contributed by atoms with Crippen LogP contribution in [0.4, 0.5) is 0 Å². The Hall–Kier alpha value is -4.10. The highest BCUT2D eigenvalue weighted by molar-refractivity contribution is 5.91. The van der Waals surface area contributed by atoms with Crippen molar-refractivity contribution in [2.45, 2.75) is 32.1 Å². The lowest BCUT2D eigenvalue weighted by Gasteiger charge is -2.16. The second kappa shape index (κ2) is 7.86. The van der Waals surface area contributed by atoms with Crippen molar-refractivity contribution in [3.05, 3.63) is 53.2 Å². The van der Waals surface area contributed by atoms with E-state index >= 15 is 0 Å². The summed E-state index contributed by atoms with van der Waals surface area (Å²) >= 11 is 0. The molecule has 4 N–H and O–H groups in total. The molecule has 0 fully saturated rings. The van der Waals surface area contributed by atoms with E-state index in [4.69, 9.17) is 15.0 Å². The van der Waals surface area contributed by atoms with E-state index < -0.39 is 17.6 Å². The van der Waals surface area contributed by atoms with Gasteiger partial charge in [0.25, 0.3) is 11.8 Å². The summed E-state index contributed by atoms with van der Waals surface area (Å²) in [6, 6.07) is 6.69. The normalized spacial score (nSPS) is 16.3. The first-order chi connectivity index (χ1) is 15.2. The minimum absolute atomic E-state index is 0.0735. The predicted molar refractivity (Wildman–Crippen MR) is 112 cm³/mol. The summed E-state index contributed by atoms with van der Waals surface area (Å²) in [5.74, 6) is 6.10. The van der Waals surface area contributed by atoms with Crippen molar-refractivity contribution >= 4 is 11.8 Å². The summed E-state index contributed by atoms with van der Waals surface area (Å²) < 4.78 is 12.6. The van der Waals surface area contributed by atoms with Gasteiger partial charge in [-0.2, -0.15) is 0 Å². The number of nitrogens with two attached hydrogens (primary N) is 1. The van der Waals surface area contributed by atoms with E-state index in [2.05, 4.69) is 27.3 Å². The van der Waals surface area contributed by atoms with E-state index in [0.717, 1.165) is 0 Å². The lowest BCUT2D eigenvalue weighted by atomic mass is 10.0. The third-order valence-corrected chi connectivity index (χ3v) is 5.00. The number of carbonyl (C=O) groups excluding carboxylic acids is 2. The fourth-order valence-corrected chi connectivity index (χ4v) is 3.29. The Kier molecular flexibility index (Phi) is 5.20. The quantitative estimate of drug-likeness (QED) is 0.514. The van der Waals surface area contributed by atoms with Gasteiger partial charge in [0.2, 0.25) is 0 Å². The van der Waals surface area contributed by atoms with Gasteiger partial charge in [-0.15, -0.1) is 0 Å². The van der Waals surface area contributed by atoms with Crippen LogP contribution >= 0.6 is 0 Å². The fourth-order valence-electron chi connectivity index (χ4n) is 3.29. The Labute approximate surface area is 183 Å². The van der Waals surface area contributed by atoms with Crippen LogP contribution in [0, 0.1) is 18.8 Å². The minimum atomic E-state index is -1.52. The molecule has 1 aliphatic heterocycles. The topological polar surface area (TPSA) is 146 Å². The van der Waals surface area contributed by atoms with E-state index in [0.29, 0.717) is 34.2 Å². The smallest absolute Gasteiger partial charge is 0.268 e. The number of aromatic nitrogens is 3. The SMILES string of the molecule is CNC(=O)[C@H]1Cn2cc(C(N)=O)nc2-c2cc(C#C[C@@](C)(O)c3cc(C)on3)ccc2O1. The molecule has 4 rings (SSSR count). The molecule has 0 aliphatic carbocycles. The summed E-state index contributed by atoms with van der Waals surface area (Å²) in [7, 11) is 1.52. The molecule has 10 nitrogen and oxygen atoms in total. The molecule has 1 aromatic carbocycles. The third-order valence-electron chi connectivity index (χ3n) is 5.00. The number of benzene rings is 1. The zero-order valence-corrected chi connectivity index (χ0v) is 17.7. The number of likely N-dealkylation sites (N-methyl/N-ethyl adjacent to an activating group) is 1. The molecular formula is C22H21N5O5. The van der Waals surface area contributed by atoms with Crippen molar-refractivity contribution < 1.29 is 24.0 Å². The van der Waals surface area contributed by atoms with Crippen LogP contribution in [-0.4, -0.2) is 44.8 Å². The van der Waals surface area contributed by atoms with E-state index in [9.17, 15) is 14.7 Å². The third kappa shape index (κ3) is 3.93. The van der Waals surface area contributed by atoms with Crippen molar-refractivity contribution in [3.8, 4) is 29.0 Å². The van der Waals surface area contributed by atoms with Gasteiger partial charge in [0.05, 0.1) is 12.1 Å². The molecule has 2 atom stereocenters. The number of hydrogen-bond acceptors (Lipinski definition) is 7.